The highest BCUT2D eigenvalue weighted by Crippen LogP contribution is 2.21. The molecule has 3 aromatic rings. The van der Waals surface area contributed by atoms with Crippen molar-refractivity contribution in [3.8, 4) is 0 Å². The Hall–Kier alpha value is -2.47. The highest BCUT2D eigenvalue weighted by atomic mass is 16.3. The smallest absolute Gasteiger partial charge is 0.152 e. The molecule has 0 aliphatic heterocycles. The molecule has 3 rings (SSSR count). The van der Waals surface area contributed by atoms with Crippen molar-refractivity contribution >= 4 is 0 Å². The van der Waals surface area contributed by atoms with Gasteiger partial charge in [-0.05, 0) is 5.56 Å². The van der Waals surface area contributed by atoms with Crippen molar-refractivity contribution in [2.24, 2.45) is 7.05 Å². The van der Waals surface area contributed by atoms with E-state index in [4.69, 9.17) is 0 Å². The van der Waals surface area contributed by atoms with E-state index in [1.165, 1.54) is 0 Å². The minimum Gasteiger partial charge on any atom is -0.380 e. The highest BCUT2D eigenvalue weighted by molar-refractivity contribution is 5.23. The molecule has 0 saturated carbocycles. The van der Waals surface area contributed by atoms with Gasteiger partial charge < -0.3 is 14.2 Å². The number of nitrogens with zero attached hydrogens (tertiary/aromatic N) is 5. The predicted molar refractivity (Wildman–Crippen MR) is 86.9 cm³/mol. The second kappa shape index (κ2) is 6.34. The van der Waals surface area contributed by atoms with E-state index in [2.05, 4.69) is 29.0 Å². The fraction of sp³-hybridized carbons (Fsp3) is 0.353. The van der Waals surface area contributed by atoms with Gasteiger partial charge in [-0.15, -0.1) is 10.2 Å². The summed E-state index contributed by atoms with van der Waals surface area (Å²) in [6, 6.07) is 9.52. The lowest BCUT2D eigenvalue weighted by Crippen LogP contribution is -2.13. The first-order valence-corrected chi connectivity index (χ1v) is 7.70. The lowest BCUT2D eigenvalue weighted by atomic mass is 10.1. The molecule has 120 valence electrons. The molecule has 0 amide bonds. The summed E-state index contributed by atoms with van der Waals surface area (Å²) in [4.78, 5) is 4.32. The average Bonchev–Trinajstić information content (AvgIpc) is 3.15. The molecule has 0 aliphatic carbocycles. The van der Waals surface area contributed by atoms with Crippen LogP contribution in [-0.4, -0.2) is 29.4 Å². The number of hydrogen-bond acceptors (Lipinski definition) is 4. The van der Waals surface area contributed by atoms with Crippen LogP contribution in [0.15, 0.2) is 42.7 Å². The zero-order valence-electron chi connectivity index (χ0n) is 13.6. The number of aliphatic hydroxyl groups excluding tert-OH is 1. The van der Waals surface area contributed by atoms with Crippen LogP contribution in [-0.2, 0) is 13.6 Å². The largest absolute Gasteiger partial charge is 0.380 e. The van der Waals surface area contributed by atoms with Gasteiger partial charge in [-0.2, -0.15) is 0 Å². The van der Waals surface area contributed by atoms with Crippen molar-refractivity contribution in [1.82, 2.24) is 24.3 Å². The minimum absolute atomic E-state index is 0.318. The summed E-state index contributed by atoms with van der Waals surface area (Å²) in [6.45, 7) is 4.71. The molecule has 1 N–H and O–H groups in total. The van der Waals surface area contributed by atoms with Crippen molar-refractivity contribution in [3.05, 3.63) is 65.8 Å². The Labute approximate surface area is 135 Å². The Kier molecular flexibility index (Phi) is 4.25. The first-order valence-electron chi connectivity index (χ1n) is 7.70. The molecular formula is C17H21N5O. The first-order chi connectivity index (χ1) is 11.1. The molecule has 6 heteroatoms. The predicted octanol–water partition coefficient (Wildman–Crippen LogP) is 2.27. The van der Waals surface area contributed by atoms with Gasteiger partial charge in [0.15, 0.2) is 5.82 Å². The Balaban J connectivity index is 1.87. The van der Waals surface area contributed by atoms with Gasteiger partial charge in [0, 0.05) is 25.4 Å². The third-order valence-electron chi connectivity index (χ3n) is 3.93. The molecule has 6 nitrogen and oxygen atoms in total. The van der Waals surface area contributed by atoms with Crippen LogP contribution in [0, 0.1) is 0 Å². The Morgan fingerprint density at radius 2 is 1.83 bits per heavy atom. The van der Waals surface area contributed by atoms with Crippen LogP contribution in [0.5, 0.6) is 0 Å². The fourth-order valence-electron chi connectivity index (χ4n) is 2.65. The van der Waals surface area contributed by atoms with E-state index in [0.717, 1.165) is 17.2 Å². The van der Waals surface area contributed by atoms with Crippen LogP contribution in [0.2, 0.25) is 0 Å². The fourth-order valence-corrected chi connectivity index (χ4v) is 2.65. The highest BCUT2D eigenvalue weighted by Gasteiger charge is 2.18. The molecule has 0 saturated heterocycles. The number of aromatic nitrogens is 5. The molecule has 0 aliphatic rings. The molecule has 1 unspecified atom stereocenters. The quantitative estimate of drug-likeness (QED) is 0.785. The van der Waals surface area contributed by atoms with E-state index in [1.54, 1.807) is 6.20 Å². The van der Waals surface area contributed by atoms with E-state index < -0.39 is 6.10 Å². The monoisotopic (exact) mass is 311 g/mol. The maximum Gasteiger partial charge on any atom is 0.152 e. The van der Waals surface area contributed by atoms with E-state index in [0.29, 0.717) is 18.3 Å². The molecule has 0 fully saturated rings. The zero-order chi connectivity index (χ0) is 16.4. The number of aliphatic hydroxyl groups is 1. The third-order valence-corrected chi connectivity index (χ3v) is 3.93. The normalized spacial score (nSPS) is 12.7. The molecule has 2 aromatic heterocycles. The van der Waals surface area contributed by atoms with Gasteiger partial charge in [0.1, 0.15) is 17.8 Å². The number of benzene rings is 1. The van der Waals surface area contributed by atoms with Gasteiger partial charge in [-0.25, -0.2) is 4.98 Å². The van der Waals surface area contributed by atoms with Gasteiger partial charge in [0.25, 0.3) is 0 Å². The molecule has 0 spiro atoms. The van der Waals surface area contributed by atoms with Gasteiger partial charge in [-0.1, -0.05) is 44.2 Å². The molecule has 2 heterocycles. The third kappa shape index (κ3) is 3.03. The summed E-state index contributed by atoms with van der Waals surface area (Å²) in [7, 11) is 1.97. The van der Waals surface area contributed by atoms with Crippen LogP contribution >= 0.6 is 0 Å². The standard InChI is InChI=1S/C17H21N5O/c1-12(2)16-20-19-14(21(16)3)11-22-10-9-18-17(22)15(23)13-7-5-4-6-8-13/h4-10,12,15,23H,11H2,1-3H3. The number of hydrogen-bond donors (Lipinski definition) is 1. The number of imidazole rings is 1. The van der Waals surface area contributed by atoms with E-state index in [9.17, 15) is 5.11 Å². The summed E-state index contributed by atoms with van der Waals surface area (Å²) in [6.07, 6.45) is 2.79. The Morgan fingerprint density at radius 3 is 2.48 bits per heavy atom. The molecule has 0 radical (unpaired) electrons. The minimum atomic E-state index is -0.760. The maximum absolute atomic E-state index is 10.6. The van der Waals surface area contributed by atoms with Crippen molar-refractivity contribution in [1.29, 1.82) is 0 Å². The summed E-state index contributed by atoms with van der Waals surface area (Å²) < 4.78 is 3.91. The Bertz CT molecular complexity index is 775. The van der Waals surface area contributed by atoms with Gasteiger partial charge in [0.05, 0.1) is 6.54 Å². The maximum atomic E-state index is 10.6. The van der Waals surface area contributed by atoms with E-state index in [-0.39, 0.29) is 0 Å². The SMILES string of the molecule is CC(C)c1nnc(Cn2ccnc2C(O)c2ccccc2)n1C. The second-order valence-corrected chi connectivity index (χ2v) is 5.91. The van der Waals surface area contributed by atoms with Crippen LogP contribution in [0.4, 0.5) is 0 Å². The first kappa shape index (κ1) is 15.4. The molecule has 1 aromatic carbocycles. The van der Waals surface area contributed by atoms with Gasteiger partial charge in [-0.3, -0.25) is 0 Å². The molecular weight excluding hydrogens is 290 g/mol. The summed E-state index contributed by atoms with van der Waals surface area (Å²) >= 11 is 0. The average molecular weight is 311 g/mol. The summed E-state index contributed by atoms with van der Waals surface area (Å²) in [5, 5.41) is 19.1. The topological polar surface area (TPSA) is 68.8 Å². The van der Waals surface area contributed by atoms with Gasteiger partial charge >= 0.3 is 0 Å². The van der Waals surface area contributed by atoms with Crippen molar-refractivity contribution < 1.29 is 5.11 Å². The lowest BCUT2D eigenvalue weighted by Gasteiger charge is -2.13. The van der Waals surface area contributed by atoms with Crippen molar-refractivity contribution in [2.45, 2.75) is 32.4 Å². The van der Waals surface area contributed by atoms with Gasteiger partial charge in [0.2, 0.25) is 0 Å². The molecule has 0 bridgehead atoms. The summed E-state index contributed by atoms with van der Waals surface area (Å²) in [5.74, 6) is 2.71. The van der Waals surface area contributed by atoms with E-state index in [1.807, 2.05) is 52.7 Å². The van der Waals surface area contributed by atoms with Crippen molar-refractivity contribution in [3.63, 3.8) is 0 Å². The zero-order valence-corrected chi connectivity index (χ0v) is 13.6. The van der Waals surface area contributed by atoms with Crippen LogP contribution in [0.1, 0.15) is 48.9 Å². The van der Waals surface area contributed by atoms with Crippen molar-refractivity contribution in [2.75, 3.05) is 0 Å². The second-order valence-electron chi connectivity index (χ2n) is 5.91. The molecule has 23 heavy (non-hydrogen) atoms. The van der Waals surface area contributed by atoms with E-state index >= 15 is 0 Å². The Morgan fingerprint density at radius 1 is 1.09 bits per heavy atom. The van der Waals surface area contributed by atoms with Crippen LogP contribution in [0.3, 0.4) is 0 Å². The number of rotatable bonds is 5. The summed E-state index contributed by atoms with van der Waals surface area (Å²) in [5.41, 5.74) is 0.820. The van der Waals surface area contributed by atoms with Crippen LogP contribution < -0.4 is 0 Å². The molecule has 1 atom stereocenters. The van der Waals surface area contributed by atoms with Crippen LogP contribution in [0.25, 0.3) is 0 Å². The lowest BCUT2D eigenvalue weighted by molar-refractivity contribution is 0.205.